The van der Waals surface area contributed by atoms with E-state index in [9.17, 15) is 9.59 Å². The number of hydrogen-bond acceptors (Lipinski definition) is 7. The number of carbonyl (C=O) groups is 2. The third-order valence-corrected chi connectivity index (χ3v) is 8.38. The molecule has 0 aliphatic carbocycles. The highest BCUT2D eigenvalue weighted by Crippen LogP contribution is 2.26. The molecule has 0 aromatic heterocycles. The maximum Gasteiger partial charge on any atom is 0.323 e. The van der Waals surface area contributed by atoms with Crippen molar-refractivity contribution in [2.45, 2.75) is 117 Å². The zero-order chi connectivity index (χ0) is 26.6. The third-order valence-electron chi connectivity index (χ3n) is 3.65. The number of hydrogen-bond donors (Lipinski definition) is 0. The van der Waals surface area contributed by atoms with E-state index in [1.54, 1.807) is 0 Å². The van der Waals surface area contributed by atoms with E-state index in [0.29, 0.717) is 0 Å². The lowest BCUT2D eigenvalue weighted by Crippen LogP contribution is -2.59. The average molecular weight is 555 g/mol. The quantitative estimate of drug-likeness (QED) is 0.264. The van der Waals surface area contributed by atoms with Gasteiger partial charge >= 0.3 is 5.97 Å². The van der Waals surface area contributed by atoms with Crippen molar-refractivity contribution in [3.63, 3.8) is 0 Å². The van der Waals surface area contributed by atoms with Gasteiger partial charge in [-0.05, 0) is 98.2 Å². The van der Waals surface area contributed by atoms with Gasteiger partial charge in [-0.25, -0.2) is 0 Å². The van der Waals surface area contributed by atoms with E-state index in [0.717, 1.165) is 0 Å². The third kappa shape index (κ3) is 16.4. The molecule has 7 nitrogen and oxygen atoms in total. The van der Waals surface area contributed by atoms with Gasteiger partial charge in [0.15, 0.2) is 45.2 Å². The first-order valence-corrected chi connectivity index (χ1v) is 28.8. The molecule has 0 saturated carbocycles. The number of ketones is 1. The number of carbonyl (C=O) groups excluding carboxylic acids is 2. The topological polar surface area (TPSA) is 80.3 Å². The fourth-order valence-corrected chi connectivity index (χ4v) is 7.13. The van der Waals surface area contributed by atoms with Crippen LogP contribution in [-0.2, 0) is 31.7 Å². The van der Waals surface area contributed by atoms with E-state index in [-0.39, 0.29) is 12.4 Å². The largest absolute Gasteiger partial charge is 0.518 e. The molecular formula is C21H50O7Si5. The molecule has 0 spiro atoms. The zero-order valence-corrected chi connectivity index (χ0v) is 28.8. The summed E-state index contributed by atoms with van der Waals surface area (Å²) in [5.41, 5.74) is 0. The predicted molar refractivity (Wildman–Crippen MR) is 148 cm³/mol. The molecule has 0 saturated heterocycles. The van der Waals surface area contributed by atoms with Crippen LogP contribution in [-0.4, -0.2) is 78.3 Å². The van der Waals surface area contributed by atoms with E-state index in [1.165, 1.54) is 0 Å². The second-order valence-electron chi connectivity index (χ2n) is 13.4. The highest BCUT2D eigenvalue weighted by molar-refractivity contribution is 6.72. The molecule has 0 unspecified atom stereocenters. The van der Waals surface area contributed by atoms with E-state index in [1.807, 2.05) is 98.2 Å². The Hall–Kier alpha value is 0.0644. The van der Waals surface area contributed by atoms with Crippen LogP contribution < -0.4 is 0 Å². The summed E-state index contributed by atoms with van der Waals surface area (Å²) in [6, 6.07) is 0. The Balaban J connectivity index is 6.54. The number of Topliss-reactive ketones (excluding diaryl/α,β-unsaturated/α-hetero) is 1. The first-order valence-electron chi connectivity index (χ1n) is 11.7. The van der Waals surface area contributed by atoms with E-state index >= 15 is 0 Å². The van der Waals surface area contributed by atoms with Crippen LogP contribution in [0, 0.1) is 0 Å². The van der Waals surface area contributed by atoms with Gasteiger partial charge in [0.05, 0.1) is 6.61 Å². The predicted octanol–water partition coefficient (Wildman–Crippen LogP) is 5.45. The average Bonchev–Trinajstić information content (AvgIpc) is 2.48. The van der Waals surface area contributed by atoms with Gasteiger partial charge in [0.1, 0.15) is 12.2 Å². The maximum absolute atomic E-state index is 13.5. The van der Waals surface area contributed by atoms with Crippen LogP contribution in [0.25, 0.3) is 0 Å². The lowest BCUT2D eigenvalue weighted by Gasteiger charge is -2.40. The Morgan fingerprint density at radius 3 is 1.27 bits per heavy atom. The van der Waals surface area contributed by atoms with Crippen molar-refractivity contribution in [2.24, 2.45) is 0 Å². The van der Waals surface area contributed by atoms with Gasteiger partial charge < -0.3 is 22.1 Å². The zero-order valence-electron chi connectivity index (χ0n) is 23.8. The molecule has 0 aliphatic rings. The minimum atomic E-state index is -2.22. The summed E-state index contributed by atoms with van der Waals surface area (Å²) in [6.45, 7) is 30.1. The lowest BCUT2D eigenvalue weighted by atomic mass is 10.0. The van der Waals surface area contributed by atoms with Crippen LogP contribution in [0.15, 0.2) is 0 Å². The summed E-state index contributed by atoms with van der Waals surface area (Å²) >= 11 is 0. The molecule has 0 bridgehead atoms. The molecule has 196 valence electrons. The van der Waals surface area contributed by atoms with Crippen molar-refractivity contribution in [3.05, 3.63) is 0 Å². The summed E-state index contributed by atoms with van der Waals surface area (Å²) in [5.74, 6) is -0.684. The van der Waals surface area contributed by atoms with Gasteiger partial charge in [-0.2, -0.15) is 0 Å². The molecule has 0 aromatic rings. The van der Waals surface area contributed by atoms with Crippen molar-refractivity contribution in [1.29, 1.82) is 0 Å². The normalized spacial score (nSPS) is 16.8. The second-order valence-corrected chi connectivity index (χ2v) is 35.7. The van der Waals surface area contributed by atoms with Crippen LogP contribution >= 0.6 is 0 Å². The van der Waals surface area contributed by atoms with Crippen LogP contribution in [0.4, 0.5) is 0 Å². The molecule has 0 rings (SSSR count). The molecule has 0 fully saturated rings. The minimum Gasteiger partial charge on any atom is -0.518 e. The second kappa shape index (κ2) is 11.9. The van der Waals surface area contributed by atoms with Gasteiger partial charge in [0.2, 0.25) is 8.32 Å². The fraction of sp³-hybridized carbons (Fsp3) is 0.905. The lowest BCUT2D eigenvalue weighted by molar-refractivity contribution is -0.155. The molecule has 3 atom stereocenters. The summed E-state index contributed by atoms with van der Waals surface area (Å²) in [7, 11) is -10.8. The Bertz CT molecular complexity index is 652. The van der Waals surface area contributed by atoms with Gasteiger partial charge in [-0.1, -0.05) is 0 Å². The van der Waals surface area contributed by atoms with Crippen LogP contribution in [0.3, 0.4) is 0 Å². The molecule has 33 heavy (non-hydrogen) atoms. The van der Waals surface area contributed by atoms with Crippen LogP contribution in [0.1, 0.15) is 0 Å². The van der Waals surface area contributed by atoms with Crippen LogP contribution in [0.2, 0.25) is 98.2 Å². The fourth-order valence-electron chi connectivity index (χ4n) is 2.75. The van der Waals surface area contributed by atoms with Crippen molar-refractivity contribution < 1.29 is 31.7 Å². The van der Waals surface area contributed by atoms with Gasteiger partial charge in [-0.3, -0.25) is 9.59 Å². The Morgan fingerprint density at radius 2 is 0.939 bits per heavy atom. The smallest absolute Gasteiger partial charge is 0.323 e. The molecule has 0 aliphatic heterocycles. The molecule has 0 amide bonds. The SMILES string of the molecule is C[Si](C)(C)OCC(=O)[C@@H](O[Si](C)(C)C)[C@@H](O[Si](C)(C)C)[C@@H](O[Si](C)(C)C)C(=O)O[Si](C)(C)C. The van der Waals surface area contributed by atoms with Crippen molar-refractivity contribution in [3.8, 4) is 0 Å². The summed E-state index contributed by atoms with van der Waals surface area (Å²) in [5, 5.41) is 0. The molecular weight excluding hydrogens is 505 g/mol. The van der Waals surface area contributed by atoms with Gasteiger partial charge in [0, 0.05) is 0 Å². The van der Waals surface area contributed by atoms with Gasteiger partial charge in [-0.15, -0.1) is 0 Å². The van der Waals surface area contributed by atoms with Crippen LogP contribution in [0.5, 0.6) is 0 Å². The molecule has 12 heteroatoms. The molecule has 0 radical (unpaired) electrons. The van der Waals surface area contributed by atoms with E-state index in [2.05, 4.69) is 0 Å². The Kier molecular flexibility index (Phi) is 11.9. The summed E-state index contributed by atoms with van der Waals surface area (Å²) in [4.78, 5) is 27.0. The first kappa shape index (κ1) is 33.1. The number of rotatable bonds is 14. The van der Waals surface area contributed by atoms with Crippen molar-refractivity contribution >= 4 is 53.3 Å². The van der Waals surface area contributed by atoms with E-state index < -0.39 is 65.9 Å². The summed E-state index contributed by atoms with van der Waals surface area (Å²) in [6.07, 6.45) is -2.89. The monoisotopic (exact) mass is 554 g/mol. The minimum absolute atomic E-state index is 0.0703. The van der Waals surface area contributed by atoms with Crippen molar-refractivity contribution in [1.82, 2.24) is 0 Å². The molecule has 0 N–H and O–H groups in total. The summed E-state index contributed by atoms with van der Waals surface area (Å²) < 4.78 is 31.1. The highest BCUT2D eigenvalue weighted by Gasteiger charge is 2.47. The Labute approximate surface area is 207 Å². The van der Waals surface area contributed by atoms with Crippen molar-refractivity contribution in [2.75, 3.05) is 6.61 Å². The first-order chi connectivity index (χ1) is 14.3. The molecule has 0 heterocycles. The van der Waals surface area contributed by atoms with E-state index in [4.69, 9.17) is 22.1 Å². The maximum atomic E-state index is 13.5. The van der Waals surface area contributed by atoms with Gasteiger partial charge in [0.25, 0.3) is 0 Å². The molecule has 0 aromatic carbocycles. The standard InChI is InChI=1S/C21H50O7Si5/c1-29(2,3)24-16-17(22)18(25-30(4,5)6)19(26-31(7,8)9)20(27-32(10,11)12)21(23)28-33(13,14)15/h18-20H,16H2,1-15H3/t18-,19-,20-/m1/s1. The Morgan fingerprint density at radius 1 is 0.545 bits per heavy atom. The highest BCUT2D eigenvalue weighted by atomic mass is 28.4.